The molecule has 0 spiro atoms. The molecule has 1 aromatic carbocycles. The van der Waals surface area contributed by atoms with Gasteiger partial charge in [0.15, 0.2) is 11.5 Å². The molecule has 120 valence electrons. The van der Waals surface area contributed by atoms with Gasteiger partial charge in [-0.25, -0.2) is 0 Å². The van der Waals surface area contributed by atoms with E-state index < -0.39 is 0 Å². The molecule has 4 heteroatoms. The van der Waals surface area contributed by atoms with E-state index in [4.69, 9.17) is 20.9 Å². The van der Waals surface area contributed by atoms with Crippen molar-refractivity contribution >= 4 is 0 Å². The van der Waals surface area contributed by atoms with E-state index >= 15 is 0 Å². The van der Waals surface area contributed by atoms with E-state index in [1.54, 1.807) is 0 Å². The molecule has 0 bridgehead atoms. The van der Waals surface area contributed by atoms with Crippen molar-refractivity contribution < 1.29 is 9.47 Å². The van der Waals surface area contributed by atoms with Gasteiger partial charge in [-0.05, 0) is 62.4 Å². The van der Waals surface area contributed by atoms with Crippen LogP contribution in [-0.2, 0) is 0 Å². The van der Waals surface area contributed by atoms with Gasteiger partial charge in [0.2, 0.25) is 0 Å². The third-order valence-corrected chi connectivity index (χ3v) is 4.23. The predicted molar refractivity (Wildman–Crippen MR) is 88.0 cm³/mol. The Morgan fingerprint density at radius 1 is 0.952 bits per heavy atom. The van der Waals surface area contributed by atoms with E-state index in [1.807, 2.05) is 19.9 Å². The van der Waals surface area contributed by atoms with E-state index in [-0.39, 0.29) is 0 Å². The van der Waals surface area contributed by atoms with Crippen molar-refractivity contribution in [2.75, 3.05) is 26.3 Å². The molecule has 4 nitrogen and oxygen atoms in total. The van der Waals surface area contributed by atoms with Gasteiger partial charge in [-0.15, -0.1) is 0 Å². The number of benzene rings is 1. The zero-order valence-electron chi connectivity index (χ0n) is 13.8. The van der Waals surface area contributed by atoms with Crippen molar-refractivity contribution in [3.05, 3.63) is 23.8 Å². The first-order valence-electron chi connectivity index (χ1n) is 7.88. The van der Waals surface area contributed by atoms with Crippen LogP contribution in [0.25, 0.3) is 0 Å². The molecule has 0 fully saturated rings. The molecule has 0 aliphatic carbocycles. The van der Waals surface area contributed by atoms with Crippen molar-refractivity contribution in [3.63, 3.8) is 0 Å². The van der Waals surface area contributed by atoms with Crippen molar-refractivity contribution in [1.82, 2.24) is 0 Å². The minimum atomic E-state index is 0.335. The third-order valence-electron chi connectivity index (χ3n) is 4.23. The minimum absolute atomic E-state index is 0.335. The van der Waals surface area contributed by atoms with E-state index in [0.29, 0.717) is 44.1 Å². The molecule has 2 atom stereocenters. The van der Waals surface area contributed by atoms with Gasteiger partial charge in [-0.3, -0.25) is 0 Å². The monoisotopic (exact) mass is 294 g/mol. The zero-order chi connectivity index (χ0) is 15.8. The number of ether oxygens (including phenoxy) is 2. The molecule has 0 saturated carbocycles. The summed E-state index contributed by atoms with van der Waals surface area (Å²) in [6.07, 6.45) is 0. The maximum atomic E-state index is 5.82. The zero-order valence-corrected chi connectivity index (χ0v) is 13.8. The second-order valence-corrected chi connectivity index (χ2v) is 5.45. The summed E-state index contributed by atoms with van der Waals surface area (Å²) in [6, 6.07) is 6.19. The fourth-order valence-electron chi connectivity index (χ4n) is 2.59. The fraction of sp³-hybridized carbons (Fsp3) is 0.647. The lowest BCUT2D eigenvalue weighted by Crippen LogP contribution is -2.31. The lowest BCUT2D eigenvalue weighted by molar-refractivity contribution is 0.285. The second kappa shape index (κ2) is 8.90. The van der Waals surface area contributed by atoms with E-state index in [2.05, 4.69) is 26.0 Å². The van der Waals surface area contributed by atoms with Crippen LogP contribution in [0.4, 0.5) is 0 Å². The Morgan fingerprint density at radius 3 is 2.05 bits per heavy atom. The van der Waals surface area contributed by atoms with Crippen molar-refractivity contribution in [3.8, 4) is 11.5 Å². The fourth-order valence-corrected chi connectivity index (χ4v) is 2.59. The summed E-state index contributed by atoms with van der Waals surface area (Å²) in [4.78, 5) is 0. The molecule has 1 aromatic rings. The summed E-state index contributed by atoms with van der Waals surface area (Å²) in [5.74, 6) is 2.75. The number of hydrogen-bond acceptors (Lipinski definition) is 4. The minimum Gasteiger partial charge on any atom is -0.490 e. The number of rotatable bonds is 9. The Balaban J connectivity index is 2.98. The molecule has 21 heavy (non-hydrogen) atoms. The average Bonchev–Trinajstić information content (AvgIpc) is 2.50. The van der Waals surface area contributed by atoms with Gasteiger partial charge in [0, 0.05) is 0 Å². The van der Waals surface area contributed by atoms with Crippen LogP contribution >= 0.6 is 0 Å². The van der Waals surface area contributed by atoms with Gasteiger partial charge in [-0.2, -0.15) is 0 Å². The normalized spacial score (nSPS) is 14.0. The summed E-state index contributed by atoms with van der Waals surface area (Å²) in [5, 5.41) is 0. The maximum Gasteiger partial charge on any atom is 0.161 e. The molecular weight excluding hydrogens is 264 g/mol. The van der Waals surface area contributed by atoms with Gasteiger partial charge in [-0.1, -0.05) is 19.9 Å². The molecule has 1 rings (SSSR count). The topological polar surface area (TPSA) is 70.5 Å². The molecule has 0 aromatic heterocycles. The summed E-state index contributed by atoms with van der Waals surface area (Å²) in [5.41, 5.74) is 12.9. The summed E-state index contributed by atoms with van der Waals surface area (Å²) < 4.78 is 11.3. The van der Waals surface area contributed by atoms with Crippen LogP contribution < -0.4 is 20.9 Å². The molecule has 4 N–H and O–H groups in total. The number of nitrogens with two attached hydrogens (primary N) is 2. The van der Waals surface area contributed by atoms with E-state index in [0.717, 1.165) is 11.5 Å². The highest BCUT2D eigenvalue weighted by Crippen LogP contribution is 2.35. The smallest absolute Gasteiger partial charge is 0.161 e. The molecule has 2 unspecified atom stereocenters. The van der Waals surface area contributed by atoms with Gasteiger partial charge in [0.1, 0.15) is 0 Å². The van der Waals surface area contributed by atoms with Gasteiger partial charge < -0.3 is 20.9 Å². The average molecular weight is 294 g/mol. The van der Waals surface area contributed by atoms with Gasteiger partial charge in [0.05, 0.1) is 13.2 Å². The van der Waals surface area contributed by atoms with Crippen LogP contribution in [0.5, 0.6) is 11.5 Å². The summed E-state index contributed by atoms with van der Waals surface area (Å²) in [6.45, 7) is 10.9. The van der Waals surface area contributed by atoms with Crippen molar-refractivity contribution in [2.45, 2.75) is 33.6 Å². The van der Waals surface area contributed by atoms with Crippen LogP contribution in [0.2, 0.25) is 0 Å². The molecular formula is C17H30N2O2. The maximum absolute atomic E-state index is 5.82. The lowest BCUT2D eigenvalue weighted by Gasteiger charge is -2.28. The second-order valence-electron chi connectivity index (χ2n) is 5.45. The first kappa shape index (κ1) is 17.8. The Labute approximate surface area is 128 Å². The van der Waals surface area contributed by atoms with Crippen molar-refractivity contribution in [2.24, 2.45) is 23.3 Å². The highest BCUT2D eigenvalue weighted by molar-refractivity contribution is 5.44. The van der Waals surface area contributed by atoms with Crippen LogP contribution in [0.15, 0.2) is 18.2 Å². The quantitative estimate of drug-likeness (QED) is 0.734. The Hall–Kier alpha value is -1.26. The largest absolute Gasteiger partial charge is 0.490 e. The van der Waals surface area contributed by atoms with Crippen LogP contribution in [0.1, 0.15) is 39.2 Å². The van der Waals surface area contributed by atoms with Crippen LogP contribution in [0.3, 0.4) is 0 Å². The Kier molecular flexibility index (Phi) is 7.54. The summed E-state index contributed by atoms with van der Waals surface area (Å²) >= 11 is 0. The molecule has 0 radical (unpaired) electrons. The summed E-state index contributed by atoms with van der Waals surface area (Å²) in [7, 11) is 0. The van der Waals surface area contributed by atoms with Crippen LogP contribution in [-0.4, -0.2) is 26.3 Å². The molecule has 0 saturated heterocycles. The third kappa shape index (κ3) is 4.61. The van der Waals surface area contributed by atoms with Gasteiger partial charge in [0.25, 0.3) is 0 Å². The Morgan fingerprint density at radius 2 is 1.52 bits per heavy atom. The predicted octanol–water partition coefficient (Wildman–Crippen LogP) is 2.76. The lowest BCUT2D eigenvalue weighted by atomic mass is 9.80. The van der Waals surface area contributed by atoms with Gasteiger partial charge >= 0.3 is 0 Å². The first-order chi connectivity index (χ1) is 10.1. The van der Waals surface area contributed by atoms with Crippen LogP contribution in [0, 0.1) is 11.8 Å². The SMILES string of the molecule is CCOc1ccc(C(C)C(C)C(CN)CN)cc1OCC. The van der Waals surface area contributed by atoms with E-state index in [1.165, 1.54) is 5.56 Å². The molecule has 0 heterocycles. The number of hydrogen-bond donors (Lipinski definition) is 2. The standard InChI is InChI=1S/C17H30N2O2/c1-5-20-16-8-7-14(9-17(16)21-6-2)12(3)13(4)15(10-18)11-19/h7-9,12-13,15H,5-6,10-11,18-19H2,1-4H3. The highest BCUT2D eigenvalue weighted by atomic mass is 16.5. The van der Waals surface area contributed by atoms with Crippen molar-refractivity contribution in [1.29, 1.82) is 0 Å². The molecule has 0 aliphatic heterocycles. The van der Waals surface area contributed by atoms with E-state index in [9.17, 15) is 0 Å². The first-order valence-corrected chi connectivity index (χ1v) is 7.88. The molecule has 0 aliphatic rings. The molecule has 0 amide bonds. The Bertz CT molecular complexity index is 419. The highest BCUT2D eigenvalue weighted by Gasteiger charge is 2.22.